The molecule has 108 valence electrons. The summed E-state index contributed by atoms with van der Waals surface area (Å²) in [5.74, 6) is 0.0291. The Balaban J connectivity index is 1.97. The number of hydrogen-bond acceptors (Lipinski definition) is 5. The van der Waals surface area contributed by atoms with Gasteiger partial charge in [0.05, 0.1) is 17.5 Å². The molecule has 0 aliphatic rings. The van der Waals surface area contributed by atoms with Gasteiger partial charge in [0.15, 0.2) is 0 Å². The lowest BCUT2D eigenvalue weighted by Crippen LogP contribution is -2.19. The Morgan fingerprint density at radius 2 is 1.62 bits per heavy atom. The van der Waals surface area contributed by atoms with E-state index in [0.717, 1.165) is 11.3 Å². The summed E-state index contributed by atoms with van der Waals surface area (Å²) in [6.07, 6.45) is -0.492. The van der Waals surface area contributed by atoms with Gasteiger partial charge in [0.2, 0.25) is 0 Å². The lowest BCUT2D eigenvalue weighted by Gasteiger charge is -2.04. The van der Waals surface area contributed by atoms with Crippen LogP contribution in [0.15, 0.2) is 58.9 Å². The Kier molecular flexibility index (Phi) is 4.60. The van der Waals surface area contributed by atoms with Crippen molar-refractivity contribution >= 4 is 17.2 Å². The van der Waals surface area contributed by atoms with Crippen LogP contribution in [-0.2, 0) is 0 Å². The molecule has 0 aromatic heterocycles. The van der Waals surface area contributed by atoms with Crippen molar-refractivity contribution in [3.63, 3.8) is 0 Å². The second-order valence-corrected chi connectivity index (χ2v) is 4.42. The van der Waals surface area contributed by atoms with Crippen LogP contribution in [0.1, 0.15) is 17.3 Å². The normalized spacial score (nSPS) is 11.0. The fourth-order valence-corrected chi connectivity index (χ4v) is 1.63. The van der Waals surface area contributed by atoms with Crippen molar-refractivity contribution < 1.29 is 0 Å². The predicted octanol–water partition coefficient (Wildman–Crippen LogP) is 2.00. The van der Waals surface area contributed by atoms with E-state index in [1.54, 1.807) is 48.5 Å². The molecule has 0 bridgehead atoms. The molecule has 0 amide bonds. The predicted molar refractivity (Wildman–Crippen MR) is 83.2 cm³/mol. The second kappa shape index (κ2) is 6.60. The van der Waals surface area contributed by atoms with E-state index in [-0.39, 0.29) is 5.84 Å². The molecule has 2 aromatic carbocycles. The van der Waals surface area contributed by atoms with Crippen LogP contribution in [-0.4, -0.2) is 5.84 Å². The van der Waals surface area contributed by atoms with E-state index >= 15 is 0 Å². The Labute approximate surface area is 122 Å². The van der Waals surface area contributed by atoms with E-state index in [2.05, 4.69) is 15.8 Å². The Hall–Kier alpha value is -2.77. The molecule has 2 rings (SSSR count). The highest BCUT2D eigenvalue weighted by Gasteiger charge is 1.99. The van der Waals surface area contributed by atoms with Crippen molar-refractivity contribution in [1.29, 1.82) is 5.41 Å². The second-order valence-electron chi connectivity index (χ2n) is 4.42. The molecular weight excluding hydrogens is 266 g/mol. The highest BCUT2D eigenvalue weighted by molar-refractivity contribution is 5.95. The smallest absolute Gasteiger partial charge is 0.122 e. The average molecular weight is 283 g/mol. The topological polar surface area (TPSA) is 139 Å². The molecule has 0 aliphatic carbocycles. The first-order chi connectivity index (χ1) is 10.1. The van der Waals surface area contributed by atoms with Crippen molar-refractivity contribution in [2.75, 3.05) is 5.43 Å². The molecule has 21 heavy (non-hydrogen) atoms. The zero-order chi connectivity index (χ0) is 15.2. The molecule has 0 radical (unpaired) electrons. The van der Waals surface area contributed by atoms with Crippen molar-refractivity contribution in [3.05, 3.63) is 59.7 Å². The zero-order valence-electron chi connectivity index (χ0n) is 11.3. The third-order valence-corrected chi connectivity index (χ3v) is 2.82. The average Bonchev–Trinajstić information content (AvgIpc) is 2.48. The number of hydrogen-bond donors (Lipinski definition) is 5. The van der Waals surface area contributed by atoms with E-state index in [9.17, 15) is 0 Å². The van der Waals surface area contributed by atoms with Crippen LogP contribution in [0.4, 0.5) is 11.4 Å². The minimum Gasteiger partial charge on any atom is -0.384 e. The first-order valence-electron chi connectivity index (χ1n) is 6.28. The van der Waals surface area contributed by atoms with E-state index in [1.165, 1.54) is 0 Å². The molecular formula is C14H17N7. The number of rotatable bonds is 5. The molecule has 0 fully saturated rings. The fraction of sp³-hybridized carbons (Fsp3) is 0.0714. The summed E-state index contributed by atoms with van der Waals surface area (Å²) in [6, 6.07) is 14.2. The van der Waals surface area contributed by atoms with Crippen molar-refractivity contribution in [1.82, 2.24) is 0 Å². The first-order valence-corrected chi connectivity index (χ1v) is 6.28. The van der Waals surface area contributed by atoms with Gasteiger partial charge in [-0.3, -0.25) is 10.8 Å². The van der Waals surface area contributed by atoms with Gasteiger partial charge >= 0.3 is 0 Å². The number of nitrogen functional groups attached to an aromatic ring is 1. The van der Waals surface area contributed by atoms with E-state index < -0.39 is 6.17 Å². The summed E-state index contributed by atoms with van der Waals surface area (Å²) in [7, 11) is 0. The van der Waals surface area contributed by atoms with Crippen molar-refractivity contribution in [2.45, 2.75) is 6.17 Å². The molecule has 7 nitrogen and oxygen atoms in total. The van der Waals surface area contributed by atoms with E-state index in [0.29, 0.717) is 11.3 Å². The van der Waals surface area contributed by atoms with Crippen LogP contribution in [0.2, 0.25) is 0 Å². The first kappa shape index (κ1) is 14.6. The monoisotopic (exact) mass is 283 g/mol. The maximum Gasteiger partial charge on any atom is 0.122 e. The van der Waals surface area contributed by atoms with Gasteiger partial charge < -0.3 is 17.2 Å². The summed E-state index contributed by atoms with van der Waals surface area (Å²) in [5, 5.41) is 15.2. The maximum absolute atomic E-state index is 7.30. The van der Waals surface area contributed by atoms with Gasteiger partial charge in [0.1, 0.15) is 5.84 Å². The highest BCUT2D eigenvalue weighted by atomic mass is 15.4. The van der Waals surface area contributed by atoms with Crippen molar-refractivity contribution in [3.8, 4) is 0 Å². The van der Waals surface area contributed by atoms with Gasteiger partial charge in [-0.05, 0) is 42.0 Å². The zero-order valence-corrected chi connectivity index (χ0v) is 11.3. The van der Waals surface area contributed by atoms with Crippen LogP contribution < -0.4 is 22.6 Å². The molecule has 0 saturated carbocycles. The quantitative estimate of drug-likeness (QED) is 0.188. The van der Waals surface area contributed by atoms with Crippen LogP contribution in [0.3, 0.4) is 0 Å². The standard InChI is InChI=1S/C14H17N7/c15-13(16)9-1-5-11(6-2-9)19-21-20-12-7-3-10(4-8-12)14(17)18/h1-8,13H,15-16H2,(H3,17,18)(H,19,20). The van der Waals surface area contributed by atoms with Gasteiger partial charge in [0, 0.05) is 5.56 Å². The number of benzene rings is 2. The molecule has 0 unspecified atom stereocenters. The summed E-state index contributed by atoms with van der Waals surface area (Å²) in [4.78, 5) is 0. The van der Waals surface area contributed by atoms with E-state index in [4.69, 9.17) is 22.6 Å². The Morgan fingerprint density at radius 1 is 1.00 bits per heavy atom. The summed E-state index contributed by atoms with van der Waals surface area (Å²) < 4.78 is 0. The van der Waals surface area contributed by atoms with Gasteiger partial charge in [-0.25, -0.2) is 0 Å². The molecule has 0 saturated heterocycles. The Morgan fingerprint density at radius 3 is 2.14 bits per heavy atom. The molecule has 0 heterocycles. The van der Waals surface area contributed by atoms with Gasteiger partial charge in [-0.2, -0.15) is 0 Å². The molecule has 7 heteroatoms. The van der Waals surface area contributed by atoms with Crippen LogP contribution >= 0.6 is 0 Å². The molecule has 2 aromatic rings. The number of anilines is 1. The lowest BCUT2D eigenvalue weighted by atomic mass is 10.2. The summed E-state index contributed by atoms with van der Waals surface area (Å²) in [6.45, 7) is 0. The molecule has 0 atom stereocenters. The van der Waals surface area contributed by atoms with Gasteiger partial charge in [0.25, 0.3) is 0 Å². The third-order valence-electron chi connectivity index (χ3n) is 2.82. The minimum absolute atomic E-state index is 0.0291. The summed E-state index contributed by atoms with van der Waals surface area (Å²) >= 11 is 0. The molecule has 8 N–H and O–H groups in total. The SMILES string of the molecule is N=C(N)c1ccc(N/N=N/c2ccc(C(N)N)cc2)cc1. The fourth-order valence-electron chi connectivity index (χ4n) is 1.63. The number of nitrogens with two attached hydrogens (primary N) is 3. The van der Waals surface area contributed by atoms with Crippen LogP contribution in [0.5, 0.6) is 0 Å². The van der Waals surface area contributed by atoms with Gasteiger partial charge in [-0.1, -0.05) is 17.4 Å². The minimum atomic E-state index is -0.492. The number of nitrogens with zero attached hydrogens (tertiary/aromatic N) is 2. The Bertz CT molecular complexity index is 629. The lowest BCUT2D eigenvalue weighted by molar-refractivity contribution is 0.774. The van der Waals surface area contributed by atoms with E-state index in [1.807, 2.05) is 0 Å². The summed E-state index contributed by atoms with van der Waals surface area (Å²) in [5.41, 5.74) is 22.2. The van der Waals surface area contributed by atoms with Crippen molar-refractivity contribution in [2.24, 2.45) is 27.5 Å². The van der Waals surface area contributed by atoms with Crippen LogP contribution in [0, 0.1) is 5.41 Å². The molecule has 0 aliphatic heterocycles. The largest absolute Gasteiger partial charge is 0.384 e. The molecule has 0 spiro atoms. The van der Waals surface area contributed by atoms with Crippen LogP contribution in [0.25, 0.3) is 0 Å². The maximum atomic E-state index is 7.30. The number of nitrogens with one attached hydrogen (secondary N) is 2. The number of amidine groups is 1. The van der Waals surface area contributed by atoms with Gasteiger partial charge in [-0.15, -0.1) is 5.11 Å². The third kappa shape index (κ3) is 4.10. The highest BCUT2D eigenvalue weighted by Crippen LogP contribution is 2.16.